The number of rotatable bonds is 8. The highest BCUT2D eigenvalue weighted by atomic mass is 32.2. The first-order valence-corrected chi connectivity index (χ1v) is 12.7. The van der Waals surface area contributed by atoms with Gasteiger partial charge in [0.2, 0.25) is 5.91 Å². The first kappa shape index (κ1) is 24.7. The Kier molecular flexibility index (Phi) is 6.55. The fourth-order valence-electron chi connectivity index (χ4n) is 4.23. The van der Waals surface area contributed by atoms with Crippen LogP contribution in [0, 0.1) is 0 Å². The first-order chi connectivity index (χ1) is 17.7. The second kappa shape index (κ2) is 9.82. The van der Waals surface area contributed by atoms with Crippen molar-refractivity contribution in [3.63, 3.8) is 0 Å². The topological polar surface area (TPSA) is 85.7 Å². The normalized spacial score (nSPS) is 17.2. The lowest BCUT2D eigenvalue weighted by Crippen LogP contribution is -2.35. The number of imide groups is 1. The number of carbonyl (C=O) groups is 2. The zero-order chi connectivity index (χ0) is 26.2. The average molecular weight is 517 g/mol. The number of benzene rings is 3. The molecule has 5 rings (SSSR count). The number of hydrogen-bond acceptors (Lipinski definition) is 7. The molecule has 3 aromatic carbocycles. The predicted octanol–water partition coefficient (Wildman–Crippen LogP) is 5.29. The lowest BCUT2D eigenvalue weighted by Gasteiger charge is -2.18. The molecule has 1 aliphatic rings. The van der Waals surface area contributed by atoms with Crippen LogP contribution in [-0.4, -0.2) is 39.5 Å². The van der Waals surface area contributed by atoms with Gasteiger partial charge in [0.1, 0.15) is 34.4 Å². The van der Waals surface area contributed by atoms with Gasteiger partial charge in [-0.05, 0) is 67.1 Å². The van der Waals surface area contributed by atoms with Crippen molar-refractivity contribution in [2.24, 2.45) is 7.05 Å². The Bertz CT molecular complexity index is 1480. The summed E-state index contributed by atoms with van der Waals surface area (Å²) < 4.78 is 13.3. The monoisotopic (exact) mass is 516 g/mol. The van der Waals surface area contributed by atoms with Crippen LogP contribution in [0.15, 0.2) is 66.7 Å². The molecule has 0 aliphatic carbocycles. The number of aryl methyl sites for hydroxylation is 1. The molecule has 0 spiro atoms. The number of anilines is 1. The predicted molar refractivity (Wildman–Crippen MR) is 146 cm³/mol. The third-order valence-corrected chi connectivity index (χ3v) is 7.43. The second-order valence-corrected chi connectivity index (χ2v) is 10.9. The fraction of sp³-hybridized carbons (Fsp3) is 0.250. The van der Waals surface area contributed by atoms with Crippen molar-refractivity contribution in [2.45, 2.75) is 24.7 Å². The Morgan fingerprint density at radius 2 is 1.73 bits per heavy atom. The van der Waals surface area contributed by atoms with Crippen molar-refractivity contribution in [2.75, 3.05) is 19.0 Å². The fourth-order valence-corrected chi connectivity index (χ4v) is 5.17. The highest BCUT2D eigenvalue weighted by Gasteiger charge is 2.43. The molecular formula is C28H28N4O4S. The SMILES string of the molecule is CN(C)c1cccc(Oc2ccc3nc(COc4ccc(C[C@@]5(C)SC(=O)NC5=O)cc4)n(C)c3c2)c1. The van der Waals surface area contributed by atoms with Gasteiger partial charge in [-0.15, -0.1) is 0 Å². The van der Waals surface area contributed by atoms with E-state index < -0.39 is 4.75 Å². The summed E-state index contributed by atoms with van der Waals surface area (Å²) >= 11 is 1.04. The summed E-state index contributed by atoms with van der Waals surface area (Å²) in [6.45, 7) is 2.08. The highest BCUT2D eigenvalue weighted by Crippen LogP contribution is 2.35. The molecule has 0 unspecified atom stereocenters. The van der Waals surface area contributed by atoms with E-state index in [1.807, 2.05) is 97.3 Å². The molecule has 190 valence electrons. The molecule has 0 bridgehead atoms. The highest BCUT2D eigenvalue weighted by molar-refractivity contribution is 8.16. The van der Waals surface area contributed by atoms with E-state index in [0.29, 0.717) is 18.8 Å². The van der Waals surface area contributed by atoms with Crippen LogP contribution in [0.25, 0.3) is 11.0 Å². The summed E-state index contributed by atoms with van der Waals surface area (Å²) in [7, 11) is 5.95. The Balaban J connectivity index is 1.25. The first-order valence-electron chi connectivity index (χ1n) is 11.9. The van der Waals surface area contributed by atoms with Gasteiger partial charge in [0.05, 0.1) is 11.0 Å². The quantitative estimate of drug-likeness (QED) is 0.340. The zero-order valence-corrected chi connectivity index (χ0v) is 22.0. The van der Waals surface area contributed by atoms with E-state index in [9.17, 15) is 9.59 Å². The van der Waals surface area contributed by atoms with E-state index in [2.05, 4.69) is 5.32 Å². The van der Waals surface area contributed by atoms with Gasteiger partial charge in [-0.1, -0.05) is 18.2 Å². The summed E-state index contributed by atoms with van der Waals surface area (Å²) in [5.74, 6) is 2.74. The minimum absolute atomic E-state index is 0.250. The molecule has 0 saturated carbocycles. The molecule has 1 atom stereocenters. The summed E-state index contributed by atoms with van der Waals surface area (Å²) in [4.78, 5) is 30.4. The number of amides is 2. The van der Waals surface area contributed by atoms with Crippen LogP contribution in [0.1, 0.15) is 18.3 Å². The third-order valence-electron chi connectivity index (χ3n) is 6.36. The standard InChI is InChI=1S/C28H28N4O4S/c1-28(26(33)30-27(34)37-28)16-18-8-10-20(11-9-18)35-17-25-29-23-13-12-22(15-24(23)32(25)4)36-21-7-5-6-19(14-21)31(2)3/h5-15H,16-17H2,1-4H3,(H,30,33,34)/t28-/m1/s1. The van der Waals surface area contributed by atoms with Gasteiger partial charge in [0.25, 0.3) is 5.24 Å². The number of thioether (sulfide) groups is 1. The number of imidazole rings is 1. The van der Waals surface area contributed by atoms with Crippen LogP contribution < -0.4 is 19.7 Å². The number of hydrogen-bond donors (Lipinski definition) is 1. The molecule has 2 heterocycles. The van der Waals surface area contributed by atoms with Crippen molar-refractivity contribution >= 4 is 39.6 Å². The number of carbonyl (C=O) groups excluding carboxylic acids is 2. The van der Waals surface area contributed by atoms with Crippen LogP contribution in [0.2, 0.25) is 0 Å². The van der Waals surface area contributed by atoms with Gasteiger partial charge in [-0.2, -0.15) is 0 Å². The molecule has 2 amide bonds. The Labute approximate surface area is 219 Å². The zero-order valence-electron chi connectivity index (χ0n) is 21.1. The van der Waals surface area contributed by atoms with E-state index in [-0.39, 0.29) is 11.1 Å². The van der Waals surface area contributed by atoms with Crippen LogP contribution in [0.5, 0.6) is 17.2 Å². The summed E-state index contributed by atoms with van der Waals surface area (Å²) in [6, 6.07) is 21.4. The Morgan fingerprint density at radius 1 is 1.00 bits per heavy atom. The second-order valence-electron chi connectivity index (χ2n) is 9.42. The van der Waals surface area contributed by atoms with E-state index >= 15 is 0 Å². The third kappa shape index (κ3) is 5.27. The van der Waals surface area contributed by atoms with Crippen molar-refractivity contribution < 1.29 is 19.1 Å². The summed E-state index contributed by atoms with van der Waals surface area (Å²) in [5.41, 5.74) is 3.84. The molecule has 1 N–H and O–H groups in total. The number of nitrogens with one attached hydrogen (secondary N) is 1. The van der Waals surface area contributed by atoms with Crippen molar-refractivity contribution in [3.8, 4) is 17.2 Å². The molecule has 9 heteroatoms. The number of aromatic nitrogens is 2. The molecule has 37 heavy (non-hydrogen) atoms. The Morgan fingerprint density at radius 3 is 2.43 bits per heavy atom. The average Bonchev–Trinajstić information content (AvgIpc) is 3.32. The van der Waals surface area contributed by atoms with Crippen molar-refractivity contribution in [1.82, 2.24) is 14.9 Å². The van der Waals surface area contributed by atoms with Gasteiger partial charge in [0.15, 0.2) is 0 Å². The smallest absolute Gasteiger partial charge is 0.286 e. The lowest BCUT2D eigenvalue weighted by molar-refractivity contribution is -0.121. The summed E-state index contributed by atoms with van der Waals surface area (Å²) in [6.07, 6.45) is 0.462. The maximum absolute atomic E-state index is 12.1. The van der Waals surface area contributed by atoms with Gasteiger partial charge in [-0.3, -0.25) is 14.9 Å². The molecule has 1 saturated heterocycles. The summed E-state index contributed by atoms with van der Waals surface area (Å²) in [5, 5.41) is 2.06. The van der Waals surface area contributed by atoms with Crippen LogP contribution in [-0.2, 0) is 24.9 Å². The maximum Gasteiger partial charge on any atom is 0.286 e. The Hall–Kier alpha value is -3.98. The van der Waals surface area contributed by atoms with Gasteiger partial charge in [0, 0.05) is 39.0 Å². The molecular weight excluding hydrogens is 488 g/mol. The number of ether oxygens (including phenoxy) is 2. The van der Waals surface area contributed by atoms with Crippen LogP contribution in [0.4, 0.5) is 10.5 Å². The molecule has 8 nitrogen and oxygen atoms in total. The largest absolute Gasteiger partial charge is 0.486 e. The molecule has 0 radical (unpaired) electrons. The van der Waals surface area contributed by atoms with Gasteiger partial charge in [-0.25, -0.2) is 4.98 Å². The van der Waals surface area contributed by atoms with Gasteiger partial charge >= 0.3 is 0 Å². The minimum atomic E-state index is -0.787. The van der Waals surface area contributed by atoms with Crippen LogP contribution in [0.3, 0.4) is 0 Å². The van der Waals surface area contributed by atoms with Crippen molar-refractivity contribution in [3.05, 3.63) is 78.1 Å². The van der Waals surface area contributed by atoms with E-state index in [1.54, 1.807) is 6.92 Å². The van der Waals surface area contributed by atoms with Crippen molar-refractivity contribution in [1.29, 1.82) is 0 Å². The molecule has 1 fully saturated rings. The maximum atomic E-state index is 12.1. The van der Waals surface area contributed by atoms with Gasteiger partial charge < -0.3 is 18.9 Å². The molecule has 1 aromatic heterocycles. The van der Waals surface area contributed by atoms with E-state index in [1.165, 1.54) is 0 Å². The van der Waals surface area contributed by atoms with E-state index in [4.69, 9.17) is 14.5 Å². The molecule has 4 aromatic rings. The number of fused-ring (bicyclic) bond motifs is 1. The van der Waals surface area contributed by atoms with E-state index in [0.717, 1.165) is 51.4 Å². The lowest BCUT2D eigenvalue weighted by atomic mass is 9.99. The van der Waals surface area contributed by atoms with Crippen LogP contribution >= 0.6 is 11.8 Å². The number of nitrogens with zero attached hydrogens (tertiary/aromatic N) is 3. The molecule has 1 aliphatic heterocycles. The minimum Gasteiger partial charge on any atom is -0.486 e.